The number of hydrogen-bond acceptors (Lipinski definition) is 3. The summed E-state index contributed by atoms with van der Waals surface area (Å²) in [6.45, 7) is 9.88. The van der Waals surface area contributed by atoms with E-state index in [0.717, 1.165) is 30.2 Å². The van der Waals surface area contributed by atoms with Crippen molar-refractivity contribution in [3.05, 3.63) is 65.1 Å². The molecular weight excluding hydrogens is 356 g/mol. The summed E-state index contributed by atoms with van der Waals surface area (Å²) in [6.07, 6.45) is 4.02. The van der Waals surface area contributed by atoms with Crippen molar-refractivity contribution < 1.29 is 0 Å². The van der Waals surface area contributed by atoms with E-state index in [4.69, 9.17) is 12.2 Å². The van der Waals surface area contributed by atoms with Crippen LogP contribution >= 0.6 is 12.2 Å². The van der Waals surface area contributed by atoms with Crippen LogP contribution in [0, 0.1) is 13.8 Å². The highest BCUT2D eigenvalue weighted by Crippen LogP contribution is 2.16. The zero-order chi connectivity index (χ0) is 19.4. The monoisotopic (exact) mass is 382 g/mol. The Balaban J connectivity index is 1.59. The molecule has 0 aliphatic heterocycles. The van der Waals surface area contributed by atoms with E-state index in [1.54, 1.807) is 0 Å². The Hall–Kier alpha value is -2.67. The maximum absolute atomic E-state index is 5.45. The van der Waals surface area contributed by atoms with Gasteiger partial charge in [-0.2, -0.15) is 10.2 Å². The smallest absolute Gasteiger partial charge is 0.172 e. The van der Waals surface area contributed by atoms with Crippen molar-refractivity contribution in [1.82, 2.24) is 24.9 Å². The maximum Gasteiger partial charge on any atom is 0.172 e. The SMILES string of the molecule is CCn1cc(C(C)NC(=S)Nc2ccn(Cc3ccccc3C)n2)c(C)n1. The van der Waals surface area contributed by atoms with Crippen LogP contribution in [0.4, 0.5) is 5.82 Å². The summed E-state index contributed by atoms with van der Waals surface area (Å²) in [7, 11) is 0. The normalized spacial score (nSPS) is 12.0. The minimum atomic E-state index is 0.0688. The van der Waals surface area contributed by atoms with Crippen molar-refractivity contribution in [2.45, 2.75) is 46.8 Å². The number of nitrogens with one attached hydrogen (secondary N) is 2. The van der Waals surface area contributed by atoms with Crippen molar-refractivity contribution >= 4 is 23.1 Å². The molecule has 3 rings (SSSR count). The quantitative estimate of drug-likeness (QED) is 0.635. The molecule has 0 spiro atoms. The van der Waals surface area contributed by atoms with Crippen LogP contribution in [-0.4, -0.2) is 24.7 Å². The van der Waals surface area contributed by atoms with Crippen molar-refractivity contribution in [3.8, 4) is 0 Å². The molecule has 1 atom stereocenters. The fourth-order valence-corrected chi connectivity index (χ4v) is 3.31. The molecule has 0 aliphatic rings. The lowest BCUT2D eigenvalue weighted by molar-refractivity contribution is 0.651. The number of thiocarbonyl (C=S) groups is 1. The molecule has 27 heavy (non-hydrogen) atoms. The first-order valence-electron chi connectivity index (χ1n) is 9.15. The van der Waals surface area contributed by atoms with Gasteiger partial charge in [-0.05, 0) is 51.0 Å². The van der Waals surface area contributed by atoms with Gasteiger partial charge >= 0.3 is 0 Å². The third kappa shape index (κ3) is 4.74. The predicted octanol–water partition coefficient (Wildman–Crippen LogP) is 3.81. The summed E-state index contributed by atoms with van der Waals surface area (Å²) in [5.41, 5.74) is 4.68. The summed E-state index contributed by atoms with van der Waals surface area (Å²) in [6, 6.07) is 10.3. The highest BCUT2D eigenvalue weighted by molar-refractivity contribution is 7.80. The fourth-order valence-electron chi connectivity index (χ4n) is 3.03. The number of aryl methyl sites for hydroxylation is 3. The van der Waals surface area contributed by atoms with E-state index in [9.17, 15) is 0 Å². The second-order valence-corrected chi connectivity index (χ2v) is 7.08. The van der Waals surface area contributed by atoms with Gasteiger partial charge in [-0.1, -0.05) is 24.3 Å². The summed E-state index contributed by atoms with van der Waals surface area (Å²) < 4.78 is 3.85. The van der Waals surface area contributed by atoms with Crippen molar-refractivity contribution in [3.63, 3.8) is 0 Å². The van der Waals surface area contributed by atoms with Gasteiger partial charge in [0.2, 0.25) is 0 Å². The second kappa shape index (κ2) is 8.35. The third-order valence-electron chi connectivity index (χ3n) is 4.60. The lowest BCUT2D eigenvalue weighted by atomic mass is 10.1. The van der Waals surface area contributed by atoms with Crippen molar-refractivity contribution in [1.29, 1.82) is 0 Å². The molecule has 1 unspecified atom stereocenters. The van der Waals surface area contributed by atoms with Gasteiger partial charge in [-0.3, -0.25) is 9.36 Å². The molecule has 1 aromatic carbocycles. The number of benzene rings is 1. The molecule has 0 radical (unpaired) electrons. The lowest BCUT2D eigenvalue weighted by Gasteiger charge is -2.15. The number of hydrogen-bond donors (Lipinski definition) is 2. The van der Waals surface area contributed by atoms with Gasteiger partial charge in [0.25, 0.3) is 0 Å². The minimum absolute atomic E-state index is 0.0688. The standard InChI is InChI=1S/C20H26N6S/c1-5-25-13-18(16(4)23-25)15(3)21-20(27)22-19-10-11-26(24-19)12-17-9-7-6-8-14(17)2/h6-11,13,15H,5,12H2,1-4H3,(H2,21,22,24,27). The van der Waals surface area contributed by atoms with Crippen molar-refractivity contribution in [2.75, 3.05) is 5.32 Å². The molecule has 0 aliphatic carbocycles. The Morgan fingerprint density at radius 2 is 1.93 bits per heavy atom. The van der Waals surface area contributed by atoms with E-state index in [2.05, 4.69) is 59.9 Å². The average Bonchev–Trinajstić information content (AvgIpc) is 3.23. The van der Waals surface area contributed by atoms with E-state index in [0.29, 0.717) is 5.11 Å². The lowest BCUT2D eigenvalue weighted by Crippen LogP contribution is -2.31. The van der Waals surface area contributed by atoms with Gasteiger partial charge in [0, 0.05) is 30.6 Å². The summed E-state index contributed by atoms with van der Waals surface area (Å²) in [5.74, 6) is 0.731. The Kier molecular flexibility index (Phi) is 5.91. The molecule has 2 N–H and O–H groups in total. The van der Waals surface area contributed by atoms with Crippen LogP contribution in [0.5, 0.6) is 0 Å². The van der Waals surface area contributed by atoms with E-state index < -0.39 is 0 Å². The molecule has 3 aromatic rings. The highest BCUT2D eigenvalue weighted by Gasteiger charge is 2.13. The van der Waals surface area contributed by atoms with Gasteiger partial charge in [0.1, 0.15) is 0 Å². The molecule has 2 heterocycles. The number of rotatable bonds is 6. The Bertz CT molecular complexity index is 926. The topological polar surface area (TPSA) is 59.7 Å². The zero-order valence-corrected chi connectivity index (χ0v) is 17.0. The van der Waals surface area contributed by atoms with Gasteiger partial charge < -0.3 is 10.6 Å². The first kappa shape index (κ1) is 19.1. The van der Waals surface area contributed by atoms with Crippen LogP contribution < -0.4 is 10.6 Å². The van der Waals surface area contributed by atoms with Gasteiger partial charge in [0.15, 0.2) is 10.9 Å². The van der Waals surface area contributed by atoms with Crippen LogP contribution in [0.25, 0.3) is 0 Å². The molecule has 6 nitrogen and oxygen atoms in total. The Labute approximate surface area is 165 Å². The fraction of sp³-hybridized carbons (Fsp3) is 0.350. The van der Waals surface area contributed by atoms with E-state index in [1.807, 2.05) is 40.7 Å². The van der Waals surface area contributed by atoms with Crippen LogP contribution in [-0.2, 0) is 13.1 Å². The number of anilines is 1. The van der Waals surface area contributed by atoms with Gasteiger partial charge in [-0.25, -0.2) is 0 Å². The van der Waals surface area contributed by atoms with E-state index >= 15 is 0 Å². The molecule has 0 saturated carbocycles. The first-order chi connectivity index (χ1) is 13.0. The molecular formula is C20H26N6S. The van der Waals surface area contributed by atoms with E-state index in [-0.39, 0.29) is 6.04 Å². The Morgan fingerprint density at radius 1 is 1.15 bits per heavy atom. The third-order valence-corrected chi connectivity index (χ3v) is 4.82. The summed E-state index contributed by atoms with van der Waals surface area (Å²) in [5, 5.41) is 16.1. The largest absolute Gasteiger partial charge is 0.356 e. The molecule has 0 saturated heterocycles. The highest BCUT2D eigenvalue weighted by atomic mass is 32.1. The number of aromatic nitrogens is 4. The molecule has 0 amide bonds. The number of nitrogens with zero attached hydrogens (tertiary/aromatic N) is 4. The first-order valence-corrected chi connectivity index (χ1v) is 9.56. The molecule has 2 aromatic heterocycles. The van der Waals surface area contributed by atoms with Crippen LogP contribution in [0.1, 0.15) is 42.3 Å². The van der Waals surface area contributed by atoms with Crippen molar-refractivity contribution in [2.24, 2.45) is 0 Å². The minimum Gasteiger partial charge on any atom is -0.356 e. The van der Waals surface area contributed by atoms with Gasteiger partial charge in [0.05, 0.1) is 18.3 Å². The zero-order valence-electron chi connectivity index (χ0n) is 16.2. The maximum atomic E-state index is 5.45. The Morgan fingerprint density at radius 3 is 2.63 bits per heavy atom. The molecule has 142 valence electrons. The van der Waals surface area contributed by atoms with Crippen LogP contribution in [0.15, 0.2) is 42.7 Å². The summed E-state index contributed by atoms with van der Waals surface area (Å²) in [4.78, 5) is 0. The molecule has 0 bridgehead atoms. The van der Waals surface area contributed by atoms with E-state index in [1.165, 1.54) is 11.1 Å². The average molecular weight is 383 g/mol. The molecule has 7 heteroatoms. The van der Waals surface area contributed by atoms with Gasteiger partial charge in [-0.15, -0.1) is 0 Å². The van der Waals surface area contributed by atoms with Crippen LogP contribution in [0.3, 0.4) is 0 Å². The van der Waals surface area contributed by atoms with Crippen LogP contribution in [0.2, 0.25) is 0 Å². The predicted molar refractivity (Wildman–Crippen MR) is 113 cm³/mol. The summed E-state index contributed by atoms with van der Waals surface area (Å²) >= 11 is 5.45. The second-order valence-electron chi connectivity index (χ2n) is 6.67. The molecule has 0 fully saturated rings.